The summed E-state index contributed by atoms with van der Waals surface area (Å²) in [5.74, 6) is 2.45. The monoisotopic (exact) mass is 499 g/mol. The minimum atomic E-state index is -0.235. The number of halogens is 1. The first kappa shape index (κ1) is 30.8. The van der Waals surface area contributed by atoms with Crippen LogP contribution < -0.4 is 14.2 Å². The molecule has 0 atom stereocenters. The van der Waals surface area contributed by atoms with E-state index in [2.05, 4.69) is 37.9 Å². The van der Waals surface area contributed by atoms with Gasteiger partial charge in [0, 0.05) is 12.6 Å². The summed E-state index contributed by atoms with van der Waals surface area (Å²) < 4.78 is 28.1. The van der Waals surface area contributed by atoms with Crippen LogP contribution in [0.25, 0.3) is 0 Å². The number of phenols is 1. The van der Waals surface area contributed by atoms with E-state index in [1.165, 1.54) is 17.7 Å². The fourth-order valence-corrected chi connectivity index (χ4v) is 2.78. The van der Waals surface area contributed by atoms with Crippen molar-refractivity contribution in [3.05, 3.63) is 84.2 Å². The maximum Gasteiger partial charge on any atom is 0.123 e. The van der Waals surface area contributed by atoms with Gasteiger partial charge in [0.1, 0.15) is 28.8 Å². The molecule has 5 nitrogen and oxygen atoms in total. The molecule has 0 amide bonds. The minimum Gasteiger partial charge on any atom is -0.508 e. The predicted molar refractivity (Wildman–Crippen MR) is 146 cm³/mol. The van der Waals surface area contributed by atoms with E-state index >= 15 is 0 Å². The molecule has 3 rings (SSSR count). The lowest BCUT2D eigenvalue weighted by molar-refractivity contribution is 0.242. The van der Waals surface area contributed by atoms with E-state index in [9.17, 15) is 4.39 Å². The average molecular weight is 500 g/mol. The number of ether oxygens (including phenoxy) is 3. The average Bonchev–Trinajstić information content (AvgIpc) is 2.83. The summed E-state index contributed by atoms with van der Waals surface area (Å²) in [5, 5.41) is 8.94. The number of nitrogens with zero attached hydrogens (tertiary/aromatic N) is 1. The van der Waals surface area contributed by atoms with Crippen LogP contribution in [0.2, 0.25) is 0 Å². The third-order valence-corrected chi connectivity index (χ3v) is 4.87. The lowest BCUT2D eigenvalue weighted by atomic mass is 10.2. The van der Waals surface area contributed by atoms with Gasteiger partial charge in [-0.05, 0) is 115 Å². The fourth-order valence-electron chi connectivity index (χ4n) is 2.78. The van der Waals surface area contributed by atoms with Gasteiger partial charge in [-0.25, -0.2) is 4.39 Å². The quantitative estimate of drug-likeness (QED) is 0.352. The van der Waals surface area contributed by atoms with Crippen molar-refractivity contribution < 1.29 is 23.7 Å². The Bertz CT molecular complexity index is 904. The molecule has 198 valence electrons. The number of hydrogen-bond acceptors (Lipinski definition) is 5. The Hall–Kier alpha value is -3.25. The molecule has 0 spiro atoms. The van der Waals surface area contributed by atoms with Crippen molar-refractivity contribution in [3.63, 3.8) is 0 Å². The largest absolute Gasteiger partial charge is 0.508 e. The van der Waals surface area contributed by atoms with E-state index in [-0.39, 0.29) is 23.8 Å². The molecule has 0 aliphatic rings. The predicted octanol–water partition coefficient (Wildman–Crippen LogP) is 7.33. The van der Waals surface area contributed by atoms with Crippen LogP contribution in [0.15, 0.2) is 72.8 Å². The summed E-state index contributed by atoms with van der Waals surface area (Å²) in [7, 11) is 3.82. The van der Waals surface area contributed by atoms with Crippen LogP contribution in [-0.4, -0.2) is 42.4 Å². The van der Waals surface area contributed by atoms with Gasteiger partial charge in [-0.1, -0.05) is 12.1 Å². The number of phenolic OH excluding ortho intramolecular Hbond substituents is 1. The Morgan fingerprint density at radius 1 is 0.694 bits per heavy atom. The van der Waals surface area contributed by atoms with Crippen LogP contribution in [0, 0.1) is 5.82 Å². The van der Waals surface area contributed by atoms with Crippen LogP contribution in [0.5, 0.6) is 23.0 Å². The maximum absolute atomic E-state index is 12.4. The van der Waals surface area contributed by atoms with Crippen molar-refractivity contribution in [2.75, 3.05) is 14.2 Å². The van der Waals surface area contributed by atoms with E-state index in [1.807, 2.05) is 39.8 Å². The number of methoxy groups -OCH3 is 1. The molecule has 3 aromatic rings. The van der Waals surface area contributed by atoms with Gasteiger partial charge in [0.25, 0.3) is 0 Å². The van der Waals surface area contributed by atoms with Crippen LogP contribution in [0.3, 0.4) is 0 Å². The van der Waals surface area contributed by atoms with E-state index in [4.69, 9.17) is 19.3 Å². The highest BCUT2D eigenvalue weighted by molar-refractivity contribution is 5.30. The molecular formula is C30H42FNO4. The van der Waals surface area contributed by atoms with Gasteiger partial charge in [-0.2, -0.15) is 0 Å². The Labute approximate surface area is 216 Å². The summed E-state index contributed by atoms with van der Waals surface area (Å²) in [5.41, 5.74) is 1.32. The smallest absolute Gasteiger partial charge is 0.123 e. The highest BCUT2D eigenvalue weighted by Gasteiger charge is 2.03. The lowest BCUT2D eigenvalue weighted by Crippen LogP contribution is -2.25. The van der Waals surface area contributed by atoms with Crippen LogP contribution in [-0.2, 0) is 6.54 Å². The molecule has 1 N–H and O–H groups in total. The lowest BCUT2D eigenvalue weighted by Gasteiger charge is -2.20. The fraction of sp³-hybridized carbons (Fsp3) is 0.400. The molecule has 0 bridgehead atoms. The van der Waals surface area contributed by atoms with Crippen molar-refractivity contribution in [1.82, 2.24) is 4.90 Å². The minimum absolute atomic E-state index is 0.139. The summed E-state index contributed by atoms with van der Waals surface area (Å²) in [6.45, 7) is 13.2. The molecule has 36 heavy (non-hydrogen) atoms. The van der Waals surface area contributed by atoms with Gasteiger partial charge >= 0.3 is 0 Å². The summed E-state index contributed by atoms with van der Waals surface area (Å²) in [6, 6.07) is 21.5. The Morgan fingerprint density at radius 2 is 1.11 bits per heavy atom. The number of hydrogen-bond donors (Lipinski definition) is 1. The number of rotatable bonds is 8. The molecule has 0 radical (unpaired) electrons. The van der Waals surface area contributed by atoms with Gasteiger partial charge in [0.05, 0.1) is 19.3 Å². The molecule has 6 heteroatoms. The topological polar surface area (TPSA) is 51.2 Å². The second-order valence-corrected chi connectivity index (χ2v) is 9.14. The van der Waals surface area contributed by atoms with Crippen LogP contribution >= 0.6 is 0 Å². The summed E-state index contributed by atoms with van der Waals surface area (Å²) in [6.07, 6.45) is 0.319. The highest BCUT2D eigenvalue weighted by atomic mass is 19.1. The second-order valence-electron chi connectivity index (χ2n) is 9.14. The summed E-state index contributed by atoms with van der Waals surface area (Å²) >= 11 is 0. The van der Waals surface area contributed by atoms with Gasteiger partial charge in [-0.3, -0.25) is 4.90 Å². The number of benzene rings is 3. The molecular weight excluding hydrogens is 457 g/mol. The van der Waals surface area contributed by atoms with Crippen molar-refractivity contribution in [1.29, 1.82) is 0 Å². The SMILES string of the molecule is CC(C)Oc1ccc(F)cc1.CC(C)Oc1ccc(O)cc1.COc1ccc(CN(C)C(C)C)cc1. The zero-order valence-corrected chi connectivity index (χ0v) is 22.9. The van der Waals surface area contributed by atoms with Gasteiger partial charge in [0.2, 0.25) is 0 Å². The summed E-state index contributed by atoms with van der Waals surface area (Å²) in [4.78, 5) is 2.31. The molecule has 0 saturated carbocycles. The van der Waals surface area contributed by atoms with E-state index in [0.29, 0.717) is 11.8 Å². The van der Waals surface area contributed by atoms with Crippen molar-refractivity contribution in [2.24, 2.45) is 0 Å². The molecule has 0 aliphatic heterocycles. The van der Waals surface area contributed by atoms with Crippen molar-refractivity contribution in [2.45, 2.75) is 66.3 Å². The van der Waals surface area contributed by atoms with Crippen LogP contribution in [0.1, 0.15) is 47.1 Å². The Balaban J connectivity index is 0.000000273. The van der Waals surface area contributed by atoms with Crippen molar-refractivity contribution in [3.8, 4) is 23.0 Å². The van der Waals surface area contributed by atoms with Crippen molar-refractivity contribution >= 4 is 0 Å². The number of aromatic hydroxyl groups is 1. The normalized spacial score (nSPS) is 10.5. The first-order valence-electron chi connectivity index (χ1n) is 12.2. The van der Waals surface area contributed by atoms with Gasteiger partial charge in [-0.15, -0.1) is 0 Å². The Kier molecular flexibility index (Phi) is 14.0. The molecule has 3 aromatic carbocycles. The van der Waals surface area contributed by atoms with Crippen LogP contribution in [0.4, 0.5) is 4.39 Å². The van der Waals surface area contributed by atoms with Gasteiger partial charge in [0.15, 0.2) is 0 Å². The first-order chi connectivity index (χ1) is 17.0. The molecule has 0 unspecified atom stereocenters. The maximum atomic E-state index is 12.4. The zero-order valence-electron chi connectivity index (χ0n) is 22.9. The molecule has 0 fully saturated rings. The van der Waals surface area contributed by atoms with E-state index in [1.54, 1.807) is 43.5 Å². The molecule has 0 heterocycles. The first-order valence-corrected chi connectivity index (χ1v) is 12.2. The molecule has 0 aliphatic carbocycles. The third-order valence-electron chi connectivity index (χ3n) is 4.87. The standard InChI is InChI=1S/C12H19NO.C9H11FO.C9H12O2/c1-10(2)13(3)9-11-5-7-12(14-4)8-6-11;2*1-7(2)11-9-5-3-8(10)4-6-9/h5-8,10H,9H2,1-4H3;3-7H,1-2H3;3-7,10H,1-2H3. The molecule has 0 saturated heterocycles. The van der Waals surface area contributed by atoms with Gasteiger partial charge < -0.3 is 19.3 Å². The zero-order chi connectivity index (χ0) is 27.1. The third kappa shape index (κ3) is 13.6. The second kappa shape index (κ2) is 16.4. The molecule has 0 aromatic heterocycles. The van der Waals surface area contributed by atoms with E-state index < -0.39 is 0 Å². The van der Waals surface area contributed by atoms with E-state index in [0.717, 1.165) is 18.0 Å². The Morgan fingerprint density at radius 3 is 1.50 bits per heavy atom. The highest BCUT2D eigenvalue weighted by Crippen LogP contribution is 2.17.